The lowest BCUT2D eigenvalue weighted by Gasteiger charge is -2.27. The first-order valence-corrected chi connectivity index (χ1v) is 8.35. The Bertz CT molecular complexity index is 478. The summed E-state index contributed by atoms with van der Waals surface area (Å²) >= 11 is 0. The lowest BCUT2D eigenvalue weighted by Crippen LogP contribution is -2.38. The zero-order valence-corrected chi connectivity index (χ0v) is 13.0. The predicted octanol–water partition coefficient (Wildman–Crippen LogP) is 2.06. The highest BCUT2D eigenvalue weighted by atomic mass is 16.2. The molecule has 2 aliphatic rings. The van der Waals surface area contributed by atoms with Crippen molar-refractivity contribution < 1.29 is 4.79 Å². The van der Waals surface area contributed by atoms with Gasteiger partial charge in [0.2, 0.25) is 0 Å². The molecule has 3 rings (SSSR count). The standard InChI is InChI=1S/C16H26N4O/c1-2-13-12-15(18-17-13)16(21)20-9-5-8-19(10-11-20)14-6-3-4-7-14/h12,14H,2-11H2,1H3,(H,17,18). The molecule has 2 heterocycles. The van der Waals surface area contributed by atoms with E-state index < -0.39 is 0 Å². The molecule has 116 valence electrons. The van der Waals surface area contributed by atoms with E-state index in [-0.39, 0.29) is 5.91 Å². The maximum Gasteiger partial charge on any atom is 0.274 e. The van der Waals surface area contributed by atoms with Crippen LogP contribution in [0, 0.1) is 0 Å². The van der Waals surface area contributed by atoms with Crippen LogP contribution in [0.25, 0.3) is 0 Å². The van der Waals surface area contributed by atoms with E-state index in [1.165, 1.54) is 25.7 Å². The first-order chi connectivity index (χ1) is 10.3. The summed E-state index contributed by atoms with van der Waals surface area (Å²) in [6.45, 7) is 5.91. The molecule has 2 fully saturated rings. The van der Waals surface area contributed by atoms with E-state index in [0.29, 0.717) is 5.69 Å². The number of aromatic amines is 1. The highest BCUT2D eigenvalue weighted by Crippen LogP contribution is 2.24. The molecule has 0 radical (unpaired) electrons. The van der Waals surface area contributed by atoms with Gasteiger partial charge in [0.15, 0.2) is 0 Å². The number of hydrogen-bond donors (Lipinski definition) is 1. The van der Waals surface area contributed by atoms with E-state index in [0.717, 1.165) is 50.8 Å². The summed E-state index contributed by atoms with van der Waals surface area (Å²) < 4.78 is 0. The minimum Gasteiger partial charge on any atom is -0.336 e. The summed E-state index contributed by atoms with van der Waals surface area (Å²) in [4.78, 5) is 17.1. The number of nitrogens with one attached hydrogen (secondary N) is 1. The second-order valence-corrected chi connectivity index (χ2v) is 6.25. The molecule has 0 aromatic carbocycles. The van der Waals surface area contributed by atoms with E-state index in [1.807, 2.05) is 11.0 Å². The topological polar surface area (TPSA) is 52.2 Å². The van der Waals surface area contributed by atoms with Crippen LogP contribution in [-0.2, 0) is 6.42 Å². The van der Waals surface area contributed by atoms with Gasteiger partial charge in [-0.25, -0.2) is 0 Å². The highest BCUT2D eigenvalue weighted by molar-refractivity contribution is 5.92. The van der Waals surface area contributed by atoms with E-state index in [2.05, 4.69) is 22.0 Å². The second-order valence-electron chi connectivity index (χ2n) is 6.25. The fraction of sp³-hybridized carbons (Fsp3) is 0.750. The van der Waals surface area contributed by atoms with Gasteiger partial charge in [-0.2, -0.15) is 5.10 Å². The predicted molar refractivity (Wildman–Crippen MR) is 82.3 cm³/mol. The number of carbonyl (C=O) groups is 1. The van der Waals surface area contributed by atoms with Gasteiger partial charge in [0.1, 0.15) is 5.69 Å². The van der Waals surface area contributed by atoms with Crippen molar-refractivity contribution in [1.82, 2.24) is 20.0 Å². The van der Waals surface area contributed by atoms with Crippen molar-refractivity contribution >= 4 is 5.91 Å². The third-order valence-electron chi connectivity index (χ3n) is 4.89. The van der Waals surface area contributed by atoms with Crippen LogP contribution in [0.1, 0.15) is 55.2 Å². The number of carbonyl (C=O) groups excluding carboxylic acids is 1. The second kappa shape index (κ2) is 6.60. The van der Waals surface area contributed by atoms with Crippen LogP contribution in [0.15, 0.2) is 6.07 Å². The molecule has 1 aromatic rings. The highest BCUT2D eigenvalue weighted by Gasteiger charge is 2.27. The maximum absolute atomic E-state index is 12.5. The lowest BCUT2D eigenvalue weighted by molar-refractivity contribution is 0.0752. The van der Waals surface area contributed by atoms with Gasteiger partial charge >= 0.3 is 0 Å². The van der Waals surface area contributed by atoms with Crippen molar-refractivity contribution in [3.63, 3.8) is 0 Å². The Labute approximate surface area is 126 Å². The normalized spacial score (nSPS) is 21.7. The first-order valence-electron chi connectivity index (χ1n) is 8.35. The van der Waals surface area contributed by atoms with Crippen LogP contribution in [-0.4, -0.2) is 58.1 Å². The van der Waals surface area contributed by atoms with Crippen molar-refractivity contribution in [2.24, 2.45) is 0 Å². The summed E-state index contributed by atoms with van der Waals surface area (Å²) in [5, 5.41) is 7.10. The van der Waals surface area contributed by atoms with Gasteiger partial charge in [-0.05, 0) is 31.7 Å². The van der Waals surface area contributed by atoms with Crippen LogP contribution < -0.4 is 0 Å². The average molecular weight is 290 g/mol. The minimum absolute atomic E-state index is 0.0826. The summed E-state index contributed by atoms with van der Waals surface area (Å²) in [5.74, 6) is 0.0826. The molecule has 5 heteroatoms. The van der Waals surface area contributed by atoms with Crippen LogP contribution in [0.5, 0.6) is 0 Å². The Morgan fingerprint density at radius 2 is 2.05 bits per heavy atom. The van der Waals surface area contributed by atoms with Crippen molar-refractivity contribution in [3.8, 4) is 0 Å². The number of rotatable bonds is 3. The molecular formula is C16H26N4O. The van der Waals surface area contributed by atoms with Crippen molar-refractivity contribution in [3.05, 3.63) is 17.5 Å². The summed E-state index contributed by atoms with van der Waals surface area (Å²) in [5.41, 5.74) is 1.60. The van der Waals surface area contributed by atoms with Crippen LogP contribution in [0.3, 0.4) is 0 Å². The molecule has 1 aliphatic carbocycles. The number of H-pyrrole nitrogens is 1. The molecule has 1 saturated carbocycles. The number of amides is 1. The first kappa shape index (κ1) is 14.6. The molecule has 1 aromatic heterocycles. The van der Waals surface area contributed by atoms with E-state index >= 15 is 0 Å². The zero-order valence-electron chi connectivity index (χ0n) is 13.0. The molecule has 0 bridgehead atoms. The summed E-state index contributed by atoms with van der Waals surface area (Å²) in [6, 6.07) is 2.65. The van der Waals surface area contributed by atoms with E-state index in [4.69, 9.17) is 0 Å². The Hall–Kier alpha value is -1.36. The summed E-state index contributed by atoms with van der Waals surface area (Å²) in [6.07, 6.45) is 7.39. The van der Waals surface area contributed by atoms with Gasteiger partial charge in [0.25, 0.3) is 5.91 Å². The van der Waals surface area contributed by atoms with Gasteiger partial charge < -0.3 is 4.90 Å². The third-order valence-corrected chi connectivity index (χ3v) is 4.89. The monoisotopic (exact) mass is 290 g/mol. The Morgan fingerprint density at radius 3 is 2.76 bits per heavy atom. The van der Waals surface area contributed by atoms with Gasteiger partial charge in [-0.3, -0.25) is 14.8 Å². The fourth-order valence-corrected chi connectivity index (χ4v) is 3.59. The zero-order chi connectivity index (χ0) is 14.7. The number of nitrogens with zero attached hydrogens (tertiary/aromatic N) is 3. The van der Waals surface area contributed by atoms with Crippen molar-refractivity contribution in [1.29, 1.82) is 0 Å². The maximum atomic E-state index is 12.5. The minimum atomic E-state index is 0.0826. The number of aromatic nitrogens is 2. The van der Waals surface area contributed by atoms with Crippen LogP contribution >= 0.6 is 0 Å². The van der Waals surface area contributed by atoms with E-state index in [1.54, 1.807) is 0 Å². The van der Waals surface area contributed by atoms with Crippen molar-refractivity contribution in [2.75, 3.05) is 26.2 Å². The van der Waals surface area contributed by atoms with E-state index in [9.17, 15) is 4.79 Å². The molecule has 0 unspecified atom stereocenters. The molecular weight excluding hydrogens is 264 g/mol. The number of hydrogen-bond acceptors (Lipinski definition) is 3. The van der Waals surface area contributed by atoms with Crippen LogP contribution in [0.2, 0.25) is 0 Å². The molecule has 21 heavy (non-hydrogen) atoms. The molecule has 0 atom stereocenters. The number of aryl methyl sites for hydroxylation is 1. The van der Waals surface area contributed by atoms with Gasteiger partial charge in [0.05, 0.1) is 0 Å². The lowest BCUT2D eigenvalue weighted by atomic mass is 10.2. The molecule has 5 nitrogen and oxygen atoms in total. The molecule has 1 saturated heterocycles. The van der Waals surface area contributed by atoms with Crippen LogP contribution in [0.4, 0.5) is 0 Å². The molecule has 1 amide bonds. The molecule has 0 spiro atoms. The fourth-order valence-electron chi connectivity index (χ4n) is 3.59. The Morgan fingerprint density at radius 1 is 1.24 bits per heavy atom. The SMILES string of the molecule is CCc1cc(C(=O)N2CCCN(C3CCCC3)CC2)n[nH]1. The summed E-state index contributed by atoms with van der Waals surface area (Å²) in [7, 11) is 0. The van der Waals surface area contributed by atoms with Crippen molar-refractivity contribution in [2.45, 2.75) is 51.5 Å². The largest absolute Gasteiger partial charge is 0.336 e. The third kappa shape index (κ3) is 3.28. The molecule has 1 N–H and O–H groups in total. The quantitative estimate of drug-likeness (QED) is 0.927. The van der Waals surface area contributed by atoms with Gasteiger partial charge in [0, 0.05) is 37.9 Å². The van der Waals surface area contributed by atoms with Gasteiger partial charge in [-0.15, -0.1) is 0 Å². The van der Waals surface area contributed by atoms with Gasteiger partial charge in [-0.1, -0.05) is 19.8 Å². The average Bonchev–Trinajstić information content (AvgIpc) is 3.14. The molecule has 1 aliphatic heterocycles. The smallest absolute Gasteiger partial charge is 0.274 e. The Kier molecular flexibility index (Phi) is 4.58. The Balaban J connectivity index is 1.60.